The molecule has 0 atom stereocenters. The van der Waals surface area contributed by atoms with Crippen molar-refractivity contribution in [1.82, 2.24) is 0 Å². The lowest BCUT2D eigenvalue weighted by atomic mass is 10.1. The van der Waals surface area contributed by atoms with Gasteiger partial charge in [-0.15, -0.1) is 0 Å². The van der Waals surface area contributed by atoms with E-state index >= 15 is 0 Å². The maximum Gasteiger partial charge on any atom is 0.331 e. The molecule has 0 rings (SSSR count). The summed E-state index contributed by atoms with van der Waals surface area (Å²) in [5, 5.41) is 8.60. The largest absolute Gasteiger partial charge is 0.478 e. The Kier molecular flexibility index (Phi) is 4.54. The van der Waals surface area contributed by atoms with Gasteiger partial charge in [-0.2, -0.15) is 0 Å². The maximum atomic E-state index is 10.5. The molecule has 1 N–H and O–H groups in total. The van der Waals surface area contributed by atoms with E-state index in [1.54, 1.807) is 14.0 Å². The van der Waals surface area contributed by atoms with Gasteiger partial charge in [-0.25, -0.2) is 4.79 Å². The lowest BCUT2D eigenvalue weighted by molar-refractivity contribution is -0.132. The first kappa shape index (κ1) is 10.2. The Morgan fingerprint density at radius 2 is 2.09 bits per heavy atom. The van der Waals surface area contributed by atoms with Crippen molar-refractivity contribution in [3.05, 3.63) is 11.1 Å². The zero-order valence-electron chi connectivity index (χ0n) is 7.18. The number of carboxylic acids is 1. The summed E-state index contributed by atoms with van der Waals surface area (Å²) in [6.45, 7) is 3.93. The van der Waals surface area contributed by atoms with Crippen LogP contribution >= 0.6 is 0 Å². The van der Waals surface area contributed by atoms with Crippen LogP contribution in [0.2, 0.25) is 0 Å². The number of ether oxygens (including phenoxy) is 1. The molecule has 0 aromatic heterocycles. The molecule has 3 heteroatoms. The predicted molar refractivity (Wildman–Crippen MR) is 42.5 cm³/mol. The van der Waals surface area contributed by atoms with Crippen LogP contribution in [0.1, 0.15) is 20.3 Å². The molecule has 0 aromatic rings. The van der Waals surface area contributed by atoms with E-state index in [2.05, 4.69) is 0 Å². The Balaban J connectivity index is 4.39. The lowest BCUT2D eigenvalue weighted by Crippen LogP contribution is -2.04. The van der Waals surface area contributed by atoms with Gasteiger partial charge >= 0.3 is 5.97 Å². The molecule has 0 unspecified atom stereocenters. The first-order chi connectivity index (χ1) is 5.13. The average Bonchev–Trinajstić information content (AvgIpc) is 1.98. The van der Waals surface area contributed by atoms with Crippen LogP contribution < -0.4 is 0 Å². The zero-order chi connectivity index (χ0) is 8.85. The van der Waals surface area contributed by atoms with Gasteiger partial charge in [0.25, 0.3) is 0 Å². The van der Waals surface area contributed by atoms with Gasteiger partial charge in [0.15, 0.2) is 0 Å². The Bertz CT molecular complexity index is 170. The van der Waals surface area contributed by atoms with E-state index in [0.29, 0.717) is 12.2 Å². The van der Waals surface area contributed by atoms with Gasteiger partial charge in [-0.05, 0) is 18.9 Å². The summed E-state index contributed by atoms with van der Waals surface area (Å²) in [7, 11) is 1.56. The second kappa shape index (κ2) is 4.91. The van der Waals surface area contributed by atoms with E-state index in [-0.39, 0.29) is 0 Å². The number of methoxy groups -OCH3 is 1. The molecule has 0 saturated carbocycles. The van der Waals surface area contributed by atoms with Crippen LogP contribution in [0.25, 0.3) is 0 Å². The first-order valence-electron chi connectivity index (χ1n) is 3.54. The van der Waals surface area contributed by atoms with Crippen molar-refractivity contribution in [2.75, 3.05) is 13.7 Å². The van der Waals surface area contributed by atoms with Crippen molar-refractivity contribution < 1.29 is 14.6 Å². The number of carboxylic acid groups (broad SMARTS) is 1. The Labute approximate surface area is 66.7 Å². The summed E-state index contributed by atoms with van der Waals surface area (Å²) < 4.78 is 4.84. The second-order valence-electron chi connectivity index (χ2n) is 2.32. The van der Waals surface area contributed by atoms with E-state index in [1.165, 1.54) is 0 Å². The third kappa shape index (κ3) is 3.18. The van der Waals surface area contributed by atoms with Crippen LogP contribution in [-0.2, 0) is 9.53 Å². The molecule has 0 fully saturated rings. The van der Waals surface area contributed by atoms with E-state index < -0.39 is 5.97 Å². The third-order valence-corrected chi connectivity index (χ3v) is 1.60. The Hall–Kier alpha value is -0.830. The molecule has 0 aliphatic carbocycles. The molecular formula is C8H14O3. The van der Waals surface area contributed by atoms with Crippen LogP contribution in [0.4, 0.5) is 0 Å². The van der Waals surface area contributed by atoms with Gasteiger partial charge in [0.1, 0.15) is 0 Å². The molecule has 0 bridgehead atoms. The fraction of sp³-hybridized carbons (Fsp3) is 0.625. The highest BCUT2D eigenvalue weighted by atomic mass is 16.5. The molecule has 0 amide bonds. The SMILES string of the molecule is CC/C(COC)=C(/C)C(=O)O. The van der Waals surface area contributed by atoms with E-state index in [1.807, 2.05) is 6.92 Å². The Morgan fingerprint density at radius 3 is 2.36 bits per heavy atom. The topological polar surface area (TPSA) is 46.5 Å². The monoisotopic (exact) mass is 158 g/mol. The van der Waals surface area contributed by atoms with Crippen molar-refractivity contribution in [3.8, 4) is 0 Å². The standard InChI is InChI=1S/C8H14O3/c1-4-7(5-11-3)6(2)8(9)10/h4-5H2,1-3H3,(H,9,10)/b7-6+. The molecular weight excluding hydrogens is 144 g/mol. The first-order valence-corrected chi connectivity index (χ1v) is 3.54. The van der Waals surface area contributed by atoms with Gasteiger partial charge in [0.05, 0.1) is 6.61 Å². The van der Waals surface area contributed by atoms with Gasteiger partial charge < -0.3 is 9.84 Å². The lowest BCUT2D eigenvalue weighted by Gasteiger charge is -2.04. The summed E-state index contributed by atoms with van der Waals surface area (Å²) in [4.78, 5) is 10.5. The van der Waals surface area contributed by atoms with Crippen LogP contribution in [0, 0.1) is 0 Å². The normalized spacial score (nSPS) is 12.6. The molecule has 0 spiro atoms. The summed E-state index contributed by atoms with van der Waals surface area (Å²) in [5.74, 6) is -0.862. The maximum absolute atomic E-state index is 10.5. The highest BCUT2D eigenvalue weighted by Gasteiger charge is 2.06. The molecule has 11 heavy (non-hydrogen) atoms. The highest BCUT2D eigenvalue weighted by molar-refractivity contribution is 5.86. The van der Waals surface area contributed by atoms with Crippen molar-refractivity contribution in [2.45, 2.75) is 20.3 Å². The molecule has 0 aromatic carbocycles. The van der Waals surface area contributed by atoms with Gasteiger partial charge in [0, 0.05) is 12.7 Å². The summed E-state index contributed by atoms with van der Waals surface area (Å²) in [5.41, 5.74) is 1.24. The molecule has 0 aliphatic heterocycles. The number of carbonyl (C=O) groups is 1. The molecule has 0 saturated heterocycles. The predicted octanol–water partition coefficient (Wildman–Crippen LogP) is 1.44. The third-order valence-electron chi connectivity index (χ3n) is 1.60. The number of hydrogen-bond acceptors (Lipinski definition) is 2. The summed E-state index contributed by atoms with van der Waals surface area (Å²) in [6.07, 6.45) is 0.728. The molecule has 64 valence electrons. The van der Waals surface area contributed by atoms with Gasteiger partial charge in [0.2, 0.25) is 0 Å². The van der Waals surface area contributed by atoms with Crippen LogP contribution in [0.5, 0.6) is 0 Å². The molecule has 0 aliphatic rings. The second-order valence-corrected chi connectivity index (χ2v) is 2.32. The molecule has 0 radical (unpaired) electrons. The fourth-order valence-corrected chi connectivity index (χ4v) is 0.801. The zero-order valence-corrected chi connectivity index (χ0v) is 7.18. The van der Waals surface area contributed by atoms with Gasteiger partial charge in [-0.1, -0.05) is 6.92 Å². The highest BCUT2D eigenvalue weighted by Crippen LogP contribution is 2.08. The molecule has 3 nitrogen and oxygen atoms in total. The van der Waals surface area contributed by atoms with E-state index in [0.717, 1.165) is 12.0 Å². The minimum absolute atomic E-state index is 0.398. The van der Waals surface area contributed by atoms with Gasteiger partial charge in [-0.3, -0.25) is 0 Å². The Morgan fingerprint density at radius 1 is 1.55 bits per heavy atom. The number of hydrogen-bond donors (Lipinski definition) is 1. The minimum atomic E-state index is -0.862. The number of aliphatic carboxylic acids is 1. The van der Waals surface area contributed by atoms with Crippen LogP contribution in [-0.4, -0.2) is 24.8 Å². The fourth-order valence-electron chi connectivity index (χ4n) is 0.801. The quantitative estimate of drug-likeness (QED) is 0.630. The summed E-state index contributed by atoms with van der Waals surface area (Å²) >= 11 is 0. The van der Waals surface area contributed by atoms with Crippen molar-refractivity contribution in [2.24, 2.45) is 0 Å². The van der Waals surface area contributed by atoms with Crippen molar-refractivity contribution in [1.29, 1.82) is 0 Å². The molecule has 0 heterocycles. The van der Waals surface area contributed by atoms with Crippen LogP contribution in [0.3, 0.4) is 0 Å². The summed E-state index contributed by atoms with van der Waals surface area (Å²) in [6, 6.07) is 0. The minimum Gasteiger partial charge on any atom is -0.478 e. The van der Waals surface area contributed by atoms with E-state index in [4.69, 9.17) is 9.84 Å². The van der Waals surface area contributed by atoms with Crippen LogP contribution in [0.15, 0.2) is 11.1 Å². The van der Waals surface area contributed by atoms with E-state index in [9.17, 15) is 4.79 Å². The van der Waals surface area contributed by atoms with Crippen molar-refractivity contribution in [3.63, 3.8) is 0 Å². The smallest absolute Gasteiger partial charge is 0.331 e. The van der Waals surface area contributed by atoms with Crippen molar-refractivity contribution >= 4 is 5.97 Å². The average molecular weight is 158 g/mol. The number of rotatable bonds is 4.